The van der Waals surface area contributed by atoms with Crippen LogP contribution in [0.5, 0.6) is 5.75 Å². The van der Waals surface area contributed by atoms with Crippen molar-refractivity contribution in [2.24, 2.45) is 0 Å². The Morgan fingerprint density at radius 1 is 0.933 bits per heavy atom. The van der Waals surface area contributed by atoms with E-state index in [0.717, 1.165) is 21.9 Å². The lowest BCUT2D eigenvalue weighted by Gasteiger charge is -2.11. The number of ether oxygens (including phenoxy) is 2. The van der Waals surface area contributed by atoms with Gasteiger partial charge in [-0.3, -0.25) is 0 Å². The number of aryl methyl sites for hydroxylation is 1. The van der Waals surface area contributed by atoms with Crippen LogP contribution in [0.4, 0.5) is 0 Å². The van der Waals surface area contributed by atoms with Gasteiger partial charge in [0, 0.05) is 10.8 Å². The Balaban J connectivity index is 1.67. The number of benzene rings is 3. The number of methoxy groups -OCH3 is 1. The maximum absolute atomic E-state index is 12.3. The largest absolute Gasteiger partial charge is 0.481 e. The van der Waals surface area contributed by atoms with Gasteiger partial charge in [-0.15, -0.1) is 0 Å². The minimum atomic E-state index is -3.29. The van der Waals surface area contributed by atoms with Gasteiger partial charge in [0.05, 0.1) is 12.9 Å². The van der Waals surface area contributed by atoms with Crippen molar-refractivity contribution in [3.63, 3.8) is 0 Å². The van der Waals surface area contributed by atoms with Gasteiger partial charge in [0.2, 0.25) is 0 Å². The molecule has 0 aliphatic heterocycles. The van der Waals surface area contributed by atoms with Crippen LogP contribution in [0.1, 0.15) is 17.5 Å². The molecule has 0 heterocycles. The molecule has 0 atom stereocenters. The van der Waals surface area contributed by atoms with E-state index in [1.54, 1.807) is 12.1 Å². The SMILES string of the molecule is COC(=O)COc1cccc2c(CCCS(=O)(=O)/C=C/c3ccccc3)cccc12. The number of hydrogen-bond donors (Lipinski definition) is 0. The Labute approximate surface area is 176 Å². The first-order valence-electron chi connectivity index (χ1n) is 9.64. The van der Waals surface area contributed by atoms with Crippen LogP contribution in [0.15, 0.2) is 72.1 Å². The normalized spacial score (nSPS) is 11.6. The fourth-order valence-electron chi connectivity index (χ4n) is 3.16. The molecule has 0 N–H and O–H groups in total. The van der Waals surface area contributed by atoms with E-state index in [1.807, 2.05) is 60.7 Å². The average molecular weight is 425 g/mol. The van der Waals surface area contributed by atoms with Gasteiger partial charge in [0.25, 0.3) is 0 Å². The molecule has 0 saturated carbocycles. The van der Waals surface area contributed by atoms with Crippen molar-refractivity contribution in [3.05, 3.63) is 83.3 Å². The molecule has 5 nitrogen and oxygen atoms in total. The highest BCUT2D eigenvalue weighted by atomic mass is 32.2. The van der Waals surface area contributed by atoms with Crippen LogP contribution in [0.25, 0.3) is 16.8 Å². The van der Waals surface area contributed by atoms with Crippen LogP contribution in [0.2, 0.25) is 0 Å². The summed E-state index contributed by atoms with van der Waals surface area (Å²) in [5.41, 5.74) is 1.90. The smallest absolute Gasteiger partial charge is 0.343 e. The first-order valence-corrected chi connectivity index (χ1v) is 11.4. The summed E-state index contributed by atoms with van der Waals surface area (Å²) in [4.78, 5) is 11.4. The molecule has 30 heavy (non-hydrogen) atoms. The lowest BCUT2D eigenvalue weighted by atomic mass is 10.0. The van der Waals surface area contributed by atoms with Crippen molar-refractivity contribution in [3.8, 4) is 5.75 Å². The maximum atomic E-state index is 12.3. The average Bonchev–Trinajstić information content (AvgIpc) is 2.77. The third-order valence-electron chi connectivity index (χ3n) is 4.69. The van der Waals surface area contributed by atoms with E-state index >= 15 is 0 Å². The molecular formula is C24H24O5S. The number of carbonyl (C=O) groups excluding carboxylic acids is 1. The van der Waals surface area contributed by atoms with Crippen molar-refractivity contribution in [1.29, 1.82) is 0 Å². The molecular weight excluding hydrogens is 400 g/mol. The summed E-state index contributed by atoms with van der Waals surface area (Å²) in [6.07, 6.45) is 2.75. The fourth-order valence-corrected chi connectivity index (χ4v) is 4.21. The molecule has 0 spiro atoms. The van der Waals surface area contributed by atoms with Gasteiger partial charge in [-0.2, -0.15) is 0 Å². The summed E-state index contributed by atoms with van der Waals surface area (Å²) in [7, 11) is -1.97. The Kier molecular flexibility index (Phi) is 7.25. The van der Waals surface area contributed by atoms with Gasteiger partial charge in [-0.25, -0.2) is 13.2 Å². The molecule has 3 aromatic carbocycles. The van der Waals surface area contributed by atoms with E-state index in [9.17, 15) is 13.2 Å². The molecule has 0 unspecified atom stereocenters. The van der Waals surface area contributed by atoms with Crippen LogP contribution in [-0.2, 0) is 25.8 Å². The predicted molar refractivity (Wildman–Crippen MR) is 119 cm³/mol. The quantitative estimate of drug-likeness (QED) is 0.476. The molecule has 0 amide bonds. The second-order valence-corrected chi connectivity index (χ2v) is 8.82. The summed E-state index contributed by atoms with van der Waals surface area (Å²) in [6, 6.07) is 20.8. The van der Waals surface area contributed by atoms with Gasteiger partial charge in [-0.05, 0) is 41.5 Å². The molecule has 0 saturated heterocycles. The highest BCUT2D eigenvalue weighted by Gasteiger charge is 2.10. The van der Waals surface area contributed by atoms with E-state index in [1.165, 1.54) is 12.5 Å². The van der Waals surface area contributed by atoms with E-state index in [-0.39, 0.29) is 12.4 Å². The number of sulfone groups is 1. The fraction of sp³-hybridized carbons (Fsp3) is 0.208. The second-order valence-electron chi connectivity index (χ2n) is 6.82. The van der Waals surface area contributed by atoms with Gasteiger partial charge < -0.3 is 9.47 Å². The molecule has 0 aromatic heterocycles. The van der Waals surface area contributed by atoms with Crippen molar-refractivity contribution in [1.82, 2.24) is 0 Å². The molecule has 0 fully saturated rings. The summed E-state index contributed by atoms with van der Waals surface area (Å²) < 4.78 is 34.9. The van der Waals surface area contributed by atoms with E-state index < -0.39 is 15.8 Å². The third-order valence-corrected chi connectivity index (χ3v) is 6.10. The second kappa shape index (κ2) is 10.1. The molecule has 3 rings (SSSR count). The van der Waals surface area contributed by atoms with Crippen LogP contribution >= 0.6 is 0 Å². The lowest BCUT2D eigenvalue weighted by molar-refractivity contribution is -0.142. The Morgan fingerprint density at radius 3 is 2.43 bits per heavy atom. The number of rotatable bonds is 9. The molecule has 0 bridgehead atoms. The van der Waals surface area contributed by atoms with Crippen LogP contribution in [0.3, 0.4) is 0 Å². The molecule has 6 heteroatoms. The number of hydrogen-bond acceptors (Lipinski definition) is 5. The minimum absolute atomic E-state index is 0.0747. The molecule has 0 radical (unpaired) electrons. The summed E-state index contributed by atoms with van der Waals surface area (Å²) >= 11 is 0. The van der Waals surface area contributed by atoms with Crippen molar-refractivity contribution in [2.45, 2.75) is 12.8 Å². The van der Waals surface area contributed by atoms with Crippen LogP contribution in [0, 0.1) is 0 Å². The molecule has 156 valence electrons. The zero-order valence-electron chi connectivity index (χ0n) is 16.8. The summed E-state index contributed by atoms with van der Waals surface area (Å²) in [5, 5.41) is 3.15. The Hall–Kier alpha value is -3.12. The van der Waals surface area contributed by atoms with E-state index in [2.05, 4.69) is 4.74 Å². The Bertz CT molecular complexity index is 1130. The topological polar surface area (TPSA) is 69.7 Å². The lowest BCUT2D eigenvalue weighted by Crippen LogP contribution is -2.12. The zero-order valence-corrected chi connectivity index (χ0v) is 17.6. The van der Waals surface area contributed by atoms with Crippen molar-refractivity contribution >= 4 is 32.7 Å². The highest BCUT2D eigenvalue weighted by Crippen LogP contribution is 2.28. The van der Waals surface area contributed by atoms with E-state index in [4.69, 9.17) is 4.74 Å². The predicted octanol–water partition coefficient (Wildman–Crippen LogP) is 4.41. The standard InChI is InChI=1S/C24H24O5S/c1-28-24(25)18-29-23-14-6-12-21-20(10-5-13-22(21)23)11-7-16-30(26,27)17-15-19-8-3-2-4-9-19/h2-6,8-10,12-15,17H,7,11,16,18H2,1H3/b17-15+. The maximum Gasteiger partial charge on any atom is 0.343 e. The number of fused-ring (bicyclic) bond motifs is 1. The molecule has 3 aromatic rings. The van der Waals surface area contributed by atoms with Crippen LogP contribution < -0.4 is 4.74 Å². The van der Waals surface area contributed by atoms with Gasteiger partial charge in [0.15, 0.2) is 16.4 Å². The highest BCUT2D eigenvalue weighted by molar-refractivity contribution is 7.94. The molecule has 0 aliphatic carbocycles. The third kappa shape index (κ3) is 5.94. The minimum Gasteiger partial charge on any atom is -0.481 e. The monoisotopic (exact) mass is 424 g/mol. The van der Waals surface area contributed by atoms with Gasteiger partial charge in [-0.1, -0.05) is 60.7 Å². The Morgan fingerprint density at radius 2 is 1.67 bits per heavy atom. The summed E-state index contributed by atoms with van der Waals surface area (Å²) in [6.45, 7) is -0.161. The van der Waals surface area contributed by atoms with Crippen molar-refractivity contribution < 1.29 is 22.7 Å². The first kappa shape index (κ1) is 21.6. The number of esters is 1. The van der Waals surface area contributed by atoms with Gasteiger partial charge >= 0.3 is 5.97 Å². The van der Waals surface area contributed by atoms with E-state index in [0.29, 0.717) is 18.6 Å². The summed E-state index contributed by atoms with van der Waals surface area (Å²) in [5.74, 6) is 0.223. The van der Waals surface area contributed by atoms with Gasteiger partial charge in [0.1, 0.15) is 5.75 Å². The molecule has 0 aliphatic rings. The first-order chi connectivity index (χ1) is 14.5. The van der Waals surface area contributed by atoms with Crippen LogP contribution in [-0.4, -0.2) is 33.9 Å². The number of carbonyl (C=O) groups is 1. The zero-order chi connectivity index (χ0) is 21.4. The van der Waals surface area contributed by atoms with Crippen molar-refractivity contribution in [2.75, 3.05) is 19.5 Å².